The number of benzene rings is 1. The fourth-order valence-corrected chi connectivity index (χ4v) is 3.62. The summed E-state index contributed by atoms with van der Waals surface area (Å²) in [4.78, 5) is 39.7. The van der Waals surface area contributed by atoms with E-state index in [4.69, 9.17) is 0 Å². The Labute approximate surface area is 170 Å². The Morgan fingerprint density at radius 3 is 2.66 bits per heavy atom. The van der Waals surface area contributed by atoms with Crippen molar-refractivity contribution in [3.8, 4) is 0 Å². The zero-order chi connectivity index (χ0) is 21.0. The molecule has 0 spiro atoms. The van der Waals surface area contributed by atoms with E-state index < -0.39 is 6.03 Å². The van der Waals surface area contributed by atoms with Crippen LogP contribution in [0.4, 0.5) is 16.2 Å². The zero-order valence-electron chi connectivity index (χ0n) is 17.2. The molecule has 1 atom stereocenters. The molecule has 1 saturated heterocycles. The fraction of sp³-hybridized carbons (Fsp3) is 0.409. The highest BCUT2D eigenvalue weighted by Gasteiger charge is 2.22. The van der Waals surface area contributed by atoms with Crippen molar-refractivity contribution < 1.29 is 9.59 Å². The number of hydrogen-bond acceptors (Lipinski definition) is 3. The van der Waals surface area contributed by atoms with Gasteiger partial charge in [0.15, 0.2) is 0 Å². The number of piperidine rings is 1. The molecule has 0 bridgehead atoms. The van der Waals surface area contributed by atoms with Gasteiger partial charge in [-0.05, 0) is 62.4 Å². The molecule has 29 heavy (non-hydrogen) atoms. The minimum atomic E-state index is -0.501. The molecule has 0 unspecified atom stereocenters. The minimum Gasteiger partial charge on any atom is -0.341 e. The van der Waals surface area contributed by atoms with E-state index in [1.807, 2.05) is 30.0 Å². The summed E-state index contributed by atoms with van der Waals surface area (Å²) < 4.78 is 1.42. The molecule has 1 aromatic heterocycles. The molecule has 0 aliphatic carbocycles. The van der Waals surface area contributed by atoms with E-state index in [1.54, 1.807) is 25.1 Å². The first kappa shape index (κ1) is 20.6. The number of aromatic nitrogens is 1. The second-order valence-corrected chi connectivity index (χ2v) is 7.82. The van der Waals surface area contributed by atoms with Gasteiger partial charge in [-0.1, -0.05) is 19.1 Å². The van der Waals surface area contributed by atoms with E-state index in [1.165, 1.54) is 4.57 Å². The molecule has 3 rings (SSSR count). The quantitative estimate of drug-likeness (QED) is 0.831. The van der Waals surface area contributed by atoms with Gasteiger partial charge in [-0.15, -0.1) is 0 Å². The molecule has 0 radical (unpaired) electrons. The molecule has 2 heterocycles. The number of likely N-dealkylation sites (tertiary alicyclic amines) is 1. The van der Waals surface area contributed by atoms with Crippen LogP contribution in [0.5, 0.6) is 0 Å². The number of amides is 3. The van der Waals surface area contributed by atoms with E-state index in [-0.39, 0.29) is 23.7 Å². The first-order valence-electron chi connectivity index (χ1n) is 9.96. The normalized spacial score (nSPS) is 16.4. The van der Waals surface area contributed by atoms with Crippen LogP contribution in [0.25, 0.3) is 0 Å². The van der Waals surface area contributed by atoms with E-state index in [0.717, 1.165) is 31.5 Å². The highest BCUT2D eigenvalue weighted by molar-refractivity contribution is 5.99. The van der Waals surface area contributed by atoms with Crippen LogP contribution in [0.2, 0.25) is 0 Å². The van der Waals surface area contributed by atoms with Gasteiger partial charge < -0.3 is 20.1 Å². The molecule has 0 saturated carbocycles. The van der Waals surface area contributed by atoms with Crippen molar-refractivity contribution >= 4 is 23.3 Å². The molecule has 1 fully saturated rings. The molecular weight excluding hydrogens is 368 g/mol. The Morgan fingerprint density at radius 1 is 1.14 bits per heavy atom. The monoisotopic (exact) mass is 396 g/mol. The predicted molar refractivity (Wildman–Crippen MR) is 114 cm³/mol. The summed E-state index contributed by atoms with van der Waals surface area (Å²) in [6.45, 7) is 7.28. The fourth-order valence-electron chi connectivity index (χ4n) is 3.62. The summed E-state index contributed by atoms with van der Waals surface area (Å²) >= 11 is 0. The summed E-state index contributed by atoms with van der Waals surface area (Å²) in [7, 11) is 0. The van der Waals surface area contributed by atoms with Gasteiger partial charge in [0.1, 0.15) is 12.2 Å². The number of urea groups is 1. The summed E-state index contributed by atoms with van der Waals surface area (Å²) in [6.07, 6.45) is 2.11. The standard InChI is InChI=1S/C22H28N4O3/c1-15-6-4-8-18(12-15)23-22(29)24-19-10-9-17(3)26(21(19)28)14-20(27)25-11-5-7-16(2)13-25/h4,6,8-10,12,16H,5,7,11,13-14H2,1-3H3,(H2,23,24,29)/t16-/m0/s1. The third-order valence-corrected chi connectivity index (χ3v) is 5.22. The van der Waals surface area contributed by atoms with Gasteiger partial charge in [0.25, 0.3) is 5.56 Å². The van der Waals surface area contributed by atoms with Gasteiger partial charge in [-0.25, -0.2) is 4.79 Å². The number of carbonyl (C=O) groups excluding carboxylic acids is 2. The number of hydrogen-bond donors (Lipinski definition) is 2. The number of rotatable bonds is 4. The zero-order valence-corrected chi connectivity index (χ0v) is 17.2. The lowest BCUT2D eigenvalue weighted by molar-refractivity contribution is -0.133. The summed E-state index contributed by atoms with van der Waals surface area (Å²) in [5.41, 5.74) is 2.09. The lowest BCUT2D eigenvalue weighted by Crippen LogP contribution is -2.42. The van der Waals surface area contributed by atoms with Crippen molar-refractivity contribution in [1.29, 1.82) is 0 Å². The molecular formula is C22H28N4O3. The Balaban J connectivity index is 1.72. The van der Waals surface area contributed by atoms with Crippen LogP contribution in [0, 0.1) is 19.8 Å². The average molecular weight is 396 g/mol. The van der Waals surface area contributed by atoms with Crippen LogP contribution in [0.3, 0.4) is 0 Å². The lowest BCUT2D eigenvalue weighted by atomic mass is 10.0. The summed E-state index contributed by atoms with van der Waals surface area (Å²) in [5.74, 6) is 0.409. The van der Waals surface area contributed by atoms with E-state index >= 15 is 0 Å². The molecule has 154 valence electrons. The van der Waals surface area contributed by atoms with Gasteiger partial charge >= 0.3 is 6.03 Å². The Kier molecular flexibility index (Phi) is 6.36. The van der Waals surface area contributed by atoms with Gasteiger partial charge in [0.05, 0.1) is 0 Å². The maximum atomic E-state index is 12.9. The number of nitrogens with zero attached hydrogens (tertiary/aromatic N) is 2. The second kappa shape index (κ2) is 8.94. The lowest BCUT2D eigenvalue weighted by Gasteiger charge is -2.31. The molecule has 7 nitrogen and oxygen atoms in total. The van der Waals surface area contributed by atoms with Crippen molar-refractivity contribution in [2.45, 2.75) is 40.2 Å². The number of anilines is 2. The van der Waals surface area contributed by atoms with E-state index in [9.17, 15) is 14.4 Å². The molecule has 7 heteroatoms. The van der Waals surface area contributed by atoms with Crippen molar-refractivity contribution in [2.24, 2.45) is 5.92 Å². The van der Waals surface area contributed by atoms with Gasteiger partial charge in [0, 0.05) is 24.5 Å². The Hall–Kier alpha value is -3.09. The van der Waals surface area contributed by atoms with Crippen LogP contribution in [-0.2, 0) is 11.3 Å². The Bertz CT molecular complexity index is 967. The largest absolute Gasteiger partial charge is 0.341 e. The van der Waals surface area contributed by atoms with Gasteiger partial charge in [-0.2, -0.15) is 0 Å². The molecule has 1 aliphatic rings. The maximum Gasteiger partial charge on any atom is 0.323 e. The second-order valence-electron chi connectivity index (χ2n) is 7.82. The predicted octanol–water partition coefficient (Wildman–Crippen LogP) is 3.37. The maximum absolute atomic E-state index is 12.9. The highest BCUT2D eigenvalue weighted by atomic mass is 16.2. The third-order valence-electron chi connectivity index (χ3n) is 5.22. The van der Waals surface area contributed by atoms with Crippen molar-refractivity contribution in [3.63, 3.8) is 0 Å². The smallest absolute Gasteiger partial charge is 0.323 e. The van der Waals surface area contributed by atoms with Crippen molar-refractivity contribution in [1.82, 2.24) is 9.47 Å². The van der Waals surface area contributed by atoms with Crippen LogP contribution in [0.15, 0.2) is 41.2 Å². The van der Waals surface area contributed by atoms with Crippen molar-refractivity contribution in [2.75, 3.05) is 23.7 Å². The van der Waals surface area contributed by atoms with Crippen LogP contribution in [-0.4, -0.2) is 34.5 Å². The SMILES string of the molecule is Cc1cccc(NC(=O)Nc2ccc(C)n(CC(=O)N3CCC[C@H](C)C3)c2=O)c1. The summed E-state index contributed by atoms with van der Waals surface area (Å²) in [5, 5.41) is 5.31. The Morgan fingerprint density at radius 2 is 1.93 bits per heavy atom. The van der Waals surface area contributed by atoms with E-state index in [0.29, 0.717) is 17.3 Å². The number of nitrogens with one attached hydrogen (secondary N) is 2. The molecule has 1 aliphatic heterocycles. The van der Waals surface area contributed by atoms with Gasteiger partial charge in [0.2, 0.25) is 5.91 Å². The molecule has 2 aromatic rings. The average Bonchev–Trinajstić information content (AvgIpc) is 2.67. The number of carbonyl (C=O) groups is 2. The summed E-state index contributed by atoms with van der Waals surface area (Å²) in [6, 6.07) is 10.2. The first-order valence-corrected chi connectivity index (χ1v) is 9.96. The number of aryl methyl sites for hydroxylation is 2. The molecule has 2 N–H and O–H groups in total. The van der Waals surface area contributed by atoms with Crippen LogP contribution >= 0.6 is 0 Å². The van der Waals surface area contributed by atoms with E-state index in [2.05, 4.69) is 17.6 Å². The molecule has 1 aromatic carbocycles. The number of pyridine rings is 1. The van der Waals surface area contributed by atoms with Crippen molar-refractivity contribution in [3.05, 3.63) is 58.0 Å². The third kappa shape index (κ3) is 5.25. The highest BCUT2D eigenvalue weighted by Crippen LogP contribution is 2.16. The van der Waals surface area contributed by atoms with Gasteiger partial charge in [-0.3, -0.25) is 9.59 Å². The molecule has 3 amide bonds. The minimum absolute atomic E-state index is 0.0214. The van der Waals surface area contributed by atoms with Crippen LogP contribution in [0.1, 0.15) is 31.0 Å². The van der Waals surface area contributed by atoms with Crippen LogP contribution < -0.4 is 16.2 Å². The first-order chi connectivity index (χ1) is 13.8. The topological polar surface area (TPSA) is 83.4 Å².